The van der Waals surface area contributed by atoms with E-state index >= 15 is 0 Å². The van der Waals surface area contributed by atoms with Crippen molar-refractivity contribution in [1.29, 1.82) is 0 Å². The molecule has 0 aliphatic rings. The van der Waals surface area contributed by atoms with E-state index < -0.39 is 22.0 Å². The van der Waals surface area contributed by atoms with Gasteiger partial charge in [0.1, 0.15) is 5.75 Å². The molecule has 29 heavy (non-hydrogen) atoms. The summed E-state index contributed by atoms with van der Waals surface area (Å²) < 4.78 is 28.7. The van der Waals surface area contributed by atoms with Crippen molar-refractivity contribution in [3.63, 3.8) is 0 Å². The minimum atomic E-state index is -3.86. The number of phenolic OH excluding ortho intramolecular Hbond substituents is 1. The van der Waals surface area contributed by atoms with E-state index in [1.807, 2.05) is 13.0 Å². The average Bonchev–Trinajstić information content (AvgIpc) is 2.72. The normalized spacial score (nSPS) is 13.6. The average molecular weight is 410 g/mol. The third-order valence-electron chi connectivity index (χ3n) is 4.86. The highest BCUT2D eigenvalue weighted by atomic mass is 32.2. The summed E-state index contributed by atoms with van der Waals surface area (Å²) in [5.74, 6) is -1.22. The molecule has 0 saturated carbocycles. The van der Waals surface area contributed by atoms with Gasteiger partial charge in [0.25, 0.3) is 0 Å². The molecule has 0 heterocycles. The first kappa shape index (κ1) is 20.8. The number of carbonyl (C=O) groups is 1. The molecule has 0 unspecified atom stereocenters. The number of rotatable bonds is 7. The first-order valence-corrected chi connectivity index (χ1v) is 10.7. The fraction of sp³-hybridized carbons (Fsp3) is 0.174. The SMILES string of the molecule is Cc1ccc(S(=O)(=O)N[C@H](c2ccccc2)[C@@H](C)C(=O)c2ccccc2O)cc1. The van der Waals surface area contributed by atoms with Gasteiger partial charge in [-0.05, 0) is 36.8 Å². The first-order valence-electron chi connectivity index (χ1n) is 9.26. The molecule has 5 nitrogen and oxygen atoms in total. The number of phenols is 1. The van der Waals surface area contributed by atoms with Gasteiger partial charge in [-0.1, -0.05) is 67.1 Å². The van der Waals surface area contributed by atoms with E-state index in [1.54, 1.807) is 55.5 Å². The summed E-state index contributed by atoms with van der Waals surface area (Å²) >= 11 is 0. The van der Waals surface area contributed by atoms with E-state index in [1.165, 1.54) is 24.3 Å². The number of Topliss-reactive ketones (excluding diaryl/α,β-unsaturated/α-hetero) is 1. The van der Waals surface area contributed by atoms with Gasteiger partial charge in [-0.3, -0.25) is 4.79 Å². The Morgan fingerprint density at radius 2 is 1.48 bits per heavy atom. The maximum absolute atomic E-state index is 13.1. The van der Waals surface area contributed by atoms with Crippen LogP contribution in [0.1, 0.15) is 34.5 Å². The highest BCUT2D eigenvalue weighted by molar-refractivity contribution is 7.89. The molecule has 2 N–H and O–H groups in total. The monoisotopic (exact) mass is 409 g/mol. The molecule has 3 aromatic rings. The maximum Gasteiger partial charge on any atom is 0.241 e. The second-order valence-corrected chi connectivity index (χ2v) is 8.71. The number of carbonyl (C=O) groups excluding carboxylic acids is 1. The van der Waals surface area contributed by atoms with Crippen LogP contribution in [0.3, 0.4) is 0 Å². The molecule has 150 valence electrons. The first-order chi connectivity index (χ1) is 13.8. The Kier molecular flexibility index (Phi) is 6.15. The highest BCUT2D eigenvalue weighted by Gasteiger charge is 2.31. The number of para-hydroxylation sites is 1. The van der Waals surface area contributed by atoms with Crippen molar-refractivity contribution in [2.24, 2.45) is 5.92 Å². The van der Waals surface area contributed by atoms with Gasteiger partial charge in [-0.25, -0.2) is 13.1 Å². The Hall–Kier alpha value is -2.96. The lowest BCUT2D eigenvalue weighted by molar-refractivity contribution is 0.0906. The lowest BCUT2D eigenvalue weighted by Crippen LogP contribution is -2.35. The zero-order chi connectivity index (χ0) is 21.0. The molecule has 0 bridgehead atoms. The standard InChI is InChI=1S/C23H23NO4S/c1-16-12-14-19(15-13-16)29(27,28)24-22(18-8-4-3-5-9-18)17(2)23(26)20-10-6-7-11-21(20)25/h3-15,17,22,24-25H,1-2H3/t17-,22+/m1/s1. The number of aromatic hydroxyl groups is 1. The van der Waals surface area contributed by atoms with Gasteiger partial charge in [0.2, 0.25) is 10.0 Å². The Bertz CT molecular complexity index is 1090. The molecule has 0 aliphatic carbocycles. The Balaban J connectivity index is 1.98. The number of ketones is 1. The Morgan fingerprint density at radius 1 is 0.897 bits per heavy atom. The summed E-state index contributed by atoms with van der Waals surface area (Å²) in [6.45, 7) is 3.54. The van der Waals surface area contributed by atoms with Crippen molar-refractivity contribution in [3.05, 3.63) is 95.6 Å². The van der Waals surface area contributed by atoms with Gasteiger partial charge in [0.05, 0.1) is 16.5 Å². The zero-order valence-corrected chi connectivity index (χ0v) is 17.1. The topological polar surface area (TPSA) is 83.5 Å². The van der Waals surface area contributed by atoms with Crippen LogP contribution in [0.5, 0.6) is 5.75 Å². The van der Waals surface area contributed by atoms with Gasteiger partial charge in [0, 0.05) is 5.92 Å². The van der Waals surface area contributed by atoms with Crippen molar-refractivity contribution < 1.29 is 18.3 Å². The fourth-order valence-corrected chi connectivity index (χ4v) is 4.46. The molecule has 3 aromatic carbocycles. The van der Waals surface area contributed by atoms with E-state index in [4.69, 9.17) is 0 Å². The van der Waals surface area contributed by atoms with Crippen LogP contribution in [0.2, 0.25) is 0 Å². The largest absolute Gasteiger partial charge is 0.507 e. The zero-order valence-electron chi connectivity index (χ0n) is 16.2. The van der Waals surface area contributed by atoms with Gasteiger partial charge >= 0.3 is 0 Å². The summed E-state index contributed by atoms with van der Waals surface area (Å²) in [5, 5.41) is 10.1. The van der Waals surface area contributed by atoms with E-state index in [0.717, 1.165) is 5.56 Å². The molecule has 3 rings (SSSR count). The third-order valence-corrected chi connectivity index (χ3v) is 6.31. The number of nitrogens with one attached hydrogen (secondary N) is 1. The molecule has 0 radical (unpaired) electrons. The van der Waals surface area contributed by atoms with Gasteiger partial charge < -0.3 is 5.11 Å². The molecule has 0 saturated heterocycles. The van der Waals surface area contributed by atoms with Crippen molar-refractivity contribution in [3.8, 4) is 5.75 Å². The predicted molar refractivity (Wildman–Crippen MR) is 112 cm³/mol. The van der Waals surface area contributed by atoms with Crippen LogP contribution in [-0.2, 0) is 10.0 Å². The molecule has 2 atom stereocenters. The smallest absolute Gasteiger partial charge is 0.241 e. The molecule has 0 aromatic heterocycles. The number of benzene rings is 3. The summed E-state index contributed by atoms with van der Waals surface area (Å²) in [6.07, 6.45) is 0. The van der Waals surface area contributed by atoms with Crippen LogP contribution in [-0.4, -0.2) is 19.3 Å². The number of sulfonamides is 1. The number of aryl methyl sites for hydroxylation is 1. The predicted octanol–water partition coefficient (Wildman–Crippen LogP) is 4.24. The fourth-order valence-electron chi connectivity index (χ4n) is 3.15. The van der Waals surface area contributed by atoms with Crippen LogP contribution in [0, 0.1) is 12.8 Å². The minimum absolute atomic E-state index is 0.127. The number of hydrogen-bond donors (Lipinski definition) is 2. The minimum Gasteiger partial charge on any atom is -0.507 e. The quantitative estimate of drug-likeness (QED) is 0.572. The molecule has 0 spiro atoms. The van der Waals surface area contributed by atoms with Crippen LogP contribution in [0.15, 0.2) is 83.8 Å². The molecule has 0 aliphatic heterocycles. The second kappa shape index (κ2) is 8.59. The summed E-state index contributed by atoms with van der Waals surface area (Å²) in [5.41, 5.74) is 1.78. The lowest BCUT2D eigenvalue weighted by Gasteiger charge is -2.25. The van der Waals surface area contributed by atoms with Crippen molar-refractivity contribution in [2.45, 2.75) is 24.8 Å². The molecule has 6 heteroatoms. The molecule has 0 fully saturated rings. The third kappa shape index (κ3) is 4.72. The van der Waals surface area contributed by atoms with E-state index in [-0.39, 0.29) is 22.0 Å². The summed E-state index contributed by atoms with van der Waals surface area (Å²) in [6, 6.07) is 20.9. The van der Waals surface area contributed by atoms with E-state index in [2.05, 4.69) is 4.72 Å². The van der Waals surface area contributed by atoms with Gasteiger partial charge in [-0.15, -0.1) is 0 Å². The maximum atomic E-state index is 13.1. The van der Waals surface area contributed by atoms with Gasteiger partial charge in [-0.2, -0.15) is 0 Å². The summed E-state index contributed by atoms with van der Waals surface area (Å²) in [4.78, 5) is 13.2. The van der Waals surface area contributed by atoms with E-state index in [0.29, 0.717) is 5.56 Å². The second-order valence-electron chi connectivity index (χ2n) is 6.99. The van der Waals surface area contributed by atoms with Crippen molar-refractivity contribution in [2.75, 3.05) is 0 Å². The van der Waals surface area contributed by atoms with Crippen molar-refractivity contribution >= 4 is 15.8 Å². The van der Waals surface area contributed by atoms with Gasteiger partial charge in [0.15, 0.2) is 5.78 Å². The van der Waals surface area contributed by atoms with Crippen LogP contribution < -0.4 is 4.72 Å². The highest BCUT2D eigenvalue weighted by Crippen LogP contribution is 2.30. The van der Waals surface area contributed by atoms with Crippen molar-refractivity contribution in [1.82, 2.24) is 4.72 Å². The van der Waals surface area contributed by atoms with Crippen LogP contribution in [0.25, 0.3) is 0 Å². The molecular weight excluding hydrogens is 386 g/mol. The van der Waals surface area contributed by atoms with Crippen LogP contribution in [0.4, 0.5) is 0 Å². The Labute approximate surface area is 171 Å². The summed E-state index contributed by atoms with van der Waals surface area (Å²) in [7, 11) is -3.86. The molecular formula is C23H23NO4S. The molecule has 0 amide bonds. The van der Waals surface area contributed by atoms with E-state index in [9.17, 15) is 18.3 Å². The Morgan fingerprint density at radius 3 is 2.10 bits per heavy atom. The number of hydrogen-bond acceptors (Lipinski definition) is 4. The lowest BCUT2D eigenvalue weighted by atomic mass is 9.88. The van der Waals surface area contributed by atoms with Crippen LogP contribution >= 0.6 is 0 Å².